The summed E-state index contributed by atoms with van der Waals surface area (Å²) < 4.78 is 0. The van der Waals surface area contributed by atoms with Crippen molar-refractivity contribution in [2.45, 2.75) is 114 Å². The molecule has 0 aliphatic carbocycles. The third kappa shape index (κ3) is 16.5. The Balaban J connectivity index is 0. The van der Waals surface area contributed by atoms with E-state index >= 15 is 0 Å². The van der Waals surface area contributed by atoms with Crippen LogP contribution in [0.5, 0.6) is 23.0 Å². The number of aromatic hydroxyl groups is 2. The molecule has 0 unspecified atom stereocenters. The number of benzene rings is 4. The van der Waals surface area contributed by atoms with E-state index in [4.69, 9.17) is 0 Å². The molecule has 7 heteroatoms. The zero-order valence-corrected chi connectivity index (χ0v) is 31.1. The second-order valence-corrected chi connectivity index (χ2v) is 13.9. The van der Waals surface area contributed by atoms with Crippen molar-refractivity contribution < 1.29 is 57.2 Å². The molecule has 0 fully saturated rings. The molecular weight excluding hydrogens is 642 g/mol. The first kappa shape index (κ1) is 44.5. The van der Waals surface area contributed by atoms with Gasteiger partial charge in [0.15, 0.2) is 0 Å². The zero-order valence-electron chi connectivity index (χ0n) is 30.3. The van der Waals surface area contributed by atoms with Crippen molar-refractivity contribution in [1.29, 1.82) is 0 Å². The predicted molar refractivity (Wildman–Crippen MR) is 188 cm³/mol. The summed E-state index contributed by atoms with van der Waals surface area (Å²) in [5, 5.41) is 41.3. The number of phenols is 2. The van der Waals surface area contributed by atoms with E-state index < -0.39 is 0 Å². The average molecular weight is 696 g/mol. The van der Waals surface area contributed by atoms with Gasteiger partial charge in [0.25, 0.3) is 0 Å². The van der Waals surface area contributed by atoms with Crippen LogP contribution in [-0.2, 0) is 27.3 Å². The second-order valence-electron chi connectivity index (χ2n) is 12.8. The first-order chi connectivity index (χ1) is 21.4. The minimum Gasteiger partial charge on any atom is -1.00 e. The van der Waals surface area contributed by atoms with Crippen molar-refractivity contribution in [3.63, 3.8) is 0 Å². The molecule has 254 valence electrons. The molecule has 4 nitrogen and oxygen atoms in total. The summed E-state index contributed by atoms with van der Waals surface area (Å²) in [7, 11) is 0. The first-order valence-corrected chi connectivity index (χ1v) is 17.0. The van der Waals surface area contributed by atoms with E-state index in [9.17, 15) is 20.4 Å². The Labute approximate surface area is 312 Å². The van der Waals surface area contributed by atoms with Crippen molar-refractivity contribution in [2.75, 3.05) is 0 Å². The van der Waals surface area contributed by atoms with E-state index in [2.05, 4.69) is 41.5 Å². The maximum absolute atomic E-state index is 11.4. The van der Waals surface area contributed by atoms with Crippen molar-refractivity contribution in [1.82, 2.24) is 0 Å². The number of unbranched alkanes of at least 4 members (excludes halogenated alkanes) is 4. The van der Waals surface area contributed by atoms with Crippen LogP contribution in [0, 0.1) is 0 Å². The van der Waals surface area contributed by atoms with Crippen LogP contribution in [0.3, 0.4) is 0 Å². The molecule has 47 heavy (non-hydrogen) atoms. The molecule has 0 aliphatic rings. The quantitative estimate of drug-likeness (QED) is 0.118. The molecule has 4 rings (SSSR count). The monoisotopic (exact) mass is 694 g/mol. The third-order valence-corrected chi connectivity index (χ3v) is 9.14. The summed E-state index contributed by atoms with van der Waals surface area (Å²) in [5.74, 6) is 0.600. The normalized spacial score (nSPS) is 10.7. The van der Waals surface area contributed by atoms with Gasteiger partial charge in [-0.2, -0.15) is 0 Å². The van der Waals surface area contributed by atoms with E-state index in [0.29, 0.717) is 21.3 Å². The van der Waals surface area contributed by atoms with E-state index in [1.54, 1.807) is 60.7 Å². The van der Waals surface area contributed by atoms with Crippen LogP contribution in [0.25, 0.3) is 0 Å². The van der Waals surface area contributed by atoms with Crippen LogP contribution in [-0.4, -0.2) is 10.2 Å². The topological polar surface area (TPSA) is 86.6 Å². The molecule has 0 saturated carbocycles. The smallest absolute Gasteiger partial charge is 1.00 e. The molecular formula is C40H53LiNiO4S. The fraction of sp³-hybridized carbons (Fsp3) is 0.400. The molecule has 0 saturated heterocycles. The van der Waals surface area contributed by atoms with Crippen LogP contribution < -0.4 is 29.1 Å². The number of phenolic OH excluding ortho intramolecular Hbond substituents is 2. The van der Waals surface area contributed by atoms with Crippen molar-refractivity contribution >= 4 is 11.8 Å². The molecule has 0 atom stereocenters. The molecule has 4 aromatic rings. The van der Waals surface area contributed by atoms with Gasteiger partial charge in [0.1, 0.15) is 11.5 Å². The molecule has 0 radical (unpaired) electrons. The van der Waals surface area contributed by atoms with Crippen LogP contribution >= 0.6 is 11.8 Å². The molecule has 0 heterocycles. The van der Waals surface area contributed by atoms with Gasteiger partial charge in [-0.3, -0.25) is 0 Å². The van der Waals surface area contributed by atoms with Crippen LogP contribution in [0.4, 0.5) is 0 Å². The summed E-state index contributed by atoms with van der Waals surface area (Å²) in [6.45, 7) is 13.6. The molecule has 4 aromatic carbocycles. The average Bonchev–Trinajstić information content (AvgIpc) is 3.01. The SMILES string of the molecule is CCCCCC(C)(C)c1ccc(O)cc1.CCCCCC(C)(C)c1ccc(O)cc1.[H-].[Li+].[Ni+2].[O-]c1ccccc1Sc1ccccc1[O-]. The minimum absolute atomic E-state index is 0. The Morgan fingerprint density at radius 3 is 1.17 bits per heavy atom. The fourth-order valence-corrected chi connectivity index (χ4v) is 5.80. The van der Waals surface area contributed by atoms with Gasteiger partial charge in [-0.15, -0.1) is 0 Å². The largest absolute Gasteiger partial charge is 2.00 e. The van der Waals surface area contributed by atoms with Gasteiger partial charge in [-0.05, 0) is 71.2 Å². The maximum atomic E-state index is 11.4. The van der Waals surface area contributed by atoms with Crippen LogP contribution in [0.15, 0.2) is 107 Å². The Hall–Kier alpha value is -2.48. The van der Waals surface area contributed by atoms with Crippen LogP contribution in [0.2, 0.25) is 0 Å². The zero-order chi connectivity index (χ0) is 33.3. The molecule has 2 N–H and O–H groups in total. The Bertz CT molecular complexity index is 1290. The molecule has 0 spiro atoms. The summed E-state index contributed by atoms with van der Waals surface area (Å²) in [4.78, 5) is 1.17. The van der Waals surface area contributed by atoms with Crippen molar-refractivity contribution in [3.8, 4) is 23.0 Å². The standard InChI is InChI=1S/2C14H22O.C12H10O2S.Li.Ni.H/c2*1-4-5-6-11-14(2,3)12-7-9-13(15)10-8-12;13-9-5-1-3-7-11(9)15-12-8-4-2-6-10(12)14;;;/h2*7-10,15H,4-6,11H2,1-3H3;1-8,13-14H;;;/q;;;+1;+2;-1/p-2. The summed E-state index contributed by atoms with van der Waals surface area (Å²) in [6, 6.07) is 28.6. The van der Waals surface area contributed by atoms with Gasteiger partial charge in [0, 0.05) is 9.79 Å². The van der Waals surface area contributed by atoms with E-state index in [1.807, 2.05) is 24.3 Å². The number of para-hydroxylation sites is 2. The van der Waals surface area contributed by atoms with Crippen LogP contribution in [0.1, 0.15) is 105 Å². The number of hydrogen-bond donors (Lipinski definition) is 2. The summed E-state index contributed by atoms with van der Waals surface area (Å²) >= 11 is 1.22. The Kier molecular flexibility index (Phi) is 21.8. The summed E-state index contributed by atoms with van der Waals surface area (Å²) in [5.41, 5.74) is 3.08. The Morgan fingerprint density at radius 1 is 0.553 bits per heavy atom. The van der Waals surface area contributed by atoms with Crippen molar-refractivity contribution in [3.05, 3.63) is 108 Å². The van der Waals surface area contributed by atoms with Gasteiger partial charge in [0.05, 0.1) is 0 Å². The third-order valence-electron chi connectivity index (χ3n) is 8.03. The fourth-order valence-electron chi connectivity index (χ4n) is 4.94. The number of rotatable bonds is 12. The van der Waals surface area contributed by atoms with Gasteiger partial charge < -0.3 is 21.9 Å². The van der Waals surface area contributed by atoms with E-state index in [0.717, 1.165) is 0 Å². The molecule has 0 aromatic heterocycles. The minimum atomic E-state index is -0.0502. The number of hydrogen-bond acceptors (Lipinski definition) is 5. The first-order valence-electron chi connectivity index (χ1n) is 16.2. The van der Waals surface area contributed by atoms with Gasteiger partial charge in [-0.25, -0.2) is 0 Å². The van der Waals surface area contributed by atoms with Gasteiger partial charge >= 0.3 is 35.4 Å². The second kappa shape index (κ2) is 23.0. The predicted octanol–water partition coefficient (Wildman–Crippen LogP) is 7.60. The molecule has 0 bridgehead atoms. The van der Waals surface area contributed by atoms with Crippen molar-refractivity contribution in [2.24, 2.45) is 0 Å². The molecule has 0 aliphatic heterocycles. The summed E-state index contributed by atoms with van der Waals surface area (Å²) in [6.07, 6.45) is 10.1. The van der Waals surface area contributed by atoms with Gasteiger partial charge in [0.2, 0.25) is 0 Å². The molecule has 0 amide bonds. The maximum Gasteiger partial charge on any atom is 2.00 e. The Morgan fingerprint density at radius 2 is 0.872 bits per heavy atom. The van der Waals surface area contributed by atoms with Gasteiger partial charge in [-0.1, -0.05) is 164 Å². The van der Waals surface area contributed by atoms with E-state index in [-0.39, 0.29) is 59.1 Å². The van der Waals surface area contributed by atoms with E-state index in [1.165, 1.54) is 86.4 Å².